The van der Waals surface area contributed by atoms with Crippen LogP contribution in [0.1, 0.15) is 18.2 Å². The van der Waals surface area contributed by atoms with Crippen molar-refractivity contribution in [2.75, 3.05) is 6.61 Å². The molecule has 0 saturated carbocycles. The van der Waals surface area contributed by atoms with Crippen LogP contribution >= 0.6 is 0 Å². The van der Waals surface area contributed by atoms with Crippen LogP contribution in [0.5, 0.6) is 0 Å². The predicted octanol–water partition coefficient (Wildman–Crippen LogP) is 3.02. The highest BCUT2D eigenvalue weighted by molar-refractivity contribution is 5.78. The largest absolute Gasteiger partial charge is 0.465 e. The van der Waals surface area contributed by atoms with Gasteiger partial charge >= 0.3 is 5.97 Å². The second-order valence-electron chi connectivity index (χ2n) is 5.98. The number of ether oxygens (including phenoxy) is 1. The molecule has 1 aromatic carbocycles. The summed E-state index contributed by atoms with van der Waals surface area (Å²) in [5.74, 6) is -2.29. The molecule has 2 heterocycles. The minimum atomic E-state index is -0.920. The SMILES string of the molecule is CCOC(=O)Cn1c(CCc2cccc(F)c2F)cc(=O)c2cccnc21. The van der Waals surface area contributed by atoms with E-state index < -0.39 is 17.6 Å². The first kappa shape index (κ1) is 18.7. The quantitative estimate of drug-likeness (QED) is 0.624. The van der Waals surface area contributed by atoms with Crippen molar-refractivity contribution in [3.63, 3.8) is 0 Å². The van der Waals surface area contributed by atoms with Gasteiger partial charge in [-0.2, -0.15) is 0 Å². The molecule has 0 bridgehead atoms. The number of fused-ring (bicyclic) bond motifs is 1. The summed E-state index contributed by atoms with van der Waals surface area (Å²) in [6.07, 6.45) is 1.94. The Bertz CT molecular complexity index is 1050. The van der Waals surface area contributed by atoms with Crippen molar-refractivity contribution < 1.29 is 18.3 Å². The first-order chi connectivity index (χ1) is 13.0. The minimum absolute atomic E-state index is 0.122. The van der Waals surface area contributed by atoms with Gasteiger partial charge in [0.15, 0.2) is 17.1 Å². The number of aromatic nitrogens is 2. The third-order valence-electron chi connectivity index (χ3n) is 4.23. The summed E-state index contributed by atoms with van der Waals surface area (Å²) >= 11 is 0. The van der Waals surface area contributed by atoms with Crippen molar-refractivity contribution >= 4 is 17.0 Å². The molecule has 0 aliphatic heterocycles. The second kappa shape index (κ2) is 8.07. The third kappa shape index (κ3) is 4.02. The maximum absolute atomic E-state index is 13.9. The summed E-state index contributed by atoms with van der Waals surface area (Å²) < 4.78 is 33.9. The summed E-state index contributed by atoms with van der Waals surface area (Å²) in [6.45, 7) is 1.81. The fraction of sp³-hybridized carbons (Fsp3) is 0.250. The molecule has 0 aliphatic rings. The number of benzene rings is 1. The standard InChI is InChI=1S/C20H18F2N2O3/c1-2-27-18(26)12-24-14(9-8-13-5-3-7-16(21)19(13)22)11-17(25)15-6-4-10-23-20(15)24/h3-7,10-11H,2,8-9,12H2,1H3. The number of esters is 1. The summed E-state index contributed by atoms with van der Waals surface area (Å²) in [6, 6.07) is 8.64. The average molecular weight is 372 g/mol. The van der Waals surface area contributed by atoms with Crippen LogP contribution < -0.4 is 5.43 Å². The van der Waals surface area contributed by atoms with Gasteiger partial charge in [0.2, 0.25) is 0 Å². The molecule has 5 nitrogen and oxygen atoms in total. The number of rotatable bonds is 6. The van der Waals surface area contributed by atoms with Gasteiger partial charge in [0.25, 0.3) is 0 Å². The van der Waals surface area contributed by atoms with Crippen LogP contribution in [0.15, 0.2) is 47.4 Å². The molecule has 0 radical (unpaired) electrons. The number of nitrogens with zero attached hydrogens (tertiary/aromatic N) is 2. The molecular formula is C20H18F2N2O3. The summed E-state index contributed by atoms with van der Waals surface area (Å²) in [4.78, 5) is 28.6. The lowest BCUT2D eigenvalue weighted by Crippen LogP contribution is -2.21. The van der Waals surface area contributed by atoms with Gasteiger partial charge in [0.1, 0.15) is 12.2 Å². The Kier molecular flexibility index (Phi) is 5.59. The maximum atomic E-state index is 13.9. The van der Waals surface area contributed by atoms with Gasteiger partial charge in [-0.15, -0.1) is 0 Å². The Morgan fingerprint density at radius 1 is 1.19 bits per heavy atom. The molecule has 0 fully saturated rings. The zero-order valence-electron chi connectivity index (χ0n) is 14.7. The molecule has 0 unspecified atom stereocenters. The average Bonchev–Trinajstić information content (AvgIpc) is 2.66. The summed E-state index contributed by atoms with van der Waals surface area (Å²) in [5, 5.41) is 0.377. The summed E-state index contributed by atoms with van der Waals surface area (Å²) in [5.41, 5.74) is 0.815. The molecule has 0 amide bonds. The fourth-order valence-electron chi connectivity index (χ4n) is 2.97. The molecule has 0 saturated heterocycles. The van der Waals surface area contributed by atoms with Crippen molar-refractivity contribution in [2.45, 2.75) is 26.3 Å². The zero-order valence-corrected chi connectivity index (χ0v) is 14.7. The number of carbonyl (C=O) groups excluding carboxylic acids is 1. The minimum Gasteiger partial charge on any atom is -0.465 e. The Morgan fingerprint density at radius 2 is 2.00 bits per heavy atom. The van der Waals surface area contributed by atoms with E-state index in [1.165, 1.54) is 24.4 Å². The molecule has 0 N–H and O–H groups in total. The molecule has 0 spiro atoms. The van der Waals surface area contributed by atoms with Crippen molar-refractivity contribution in [1.29, 1.82) is 0 Å². The van der Waals surface area contributed by atoms with E-state index >= 15 is 0 Å². The van der Waals surface area contributed by atoms with E-state index in [2.05, 4.69) is 4.98 Å². The van der Waals surface area contributed by atoms with Gasteiger partial charge in [-0.25, -0.2) is 13.8 Å². The molecule has 27 heavy (non-hydrogen) atoms. The number of aryl methyl sites for hydroxylation is 2. The van der Waals surface area contributed by atoms with Gasteiger partial charge in [-0.1, -0.05) is 12.1 Å². The van der Waals surface area contributed by atoms with Crippen LogP contribution in [0.25, 0.3) is 11.0 Å². The van der Waals surface area contributed by atoms with Gasteiger partial charge in [0, 0.05) is 18.0 Å². The number of halogens is 2. The lowest BCUT2D eigenvalue weighted by Gasteiger charge is -2.15. The molecule has 7 heteroatoms. The van der Waals surface area contributed by atoms with E-state index in [1.54, 1.807) is 23.6 Å². The Labute approximate surface area is 154 Å². The summed E-state index contributed by atoms with van der Waals surface area (Å²) in [7, 11) is 0. The first-order valence-corrected chi connectivity index (χ1v) is 8.57. The highest BCUT2D eigenvalue weighted by Crippen LogP contribution is 2.16. The topological polar surface area (TPSA) is 61.2 Å². The Balaban J connectivity index is 2.01. The fourth-order valence-corrected chi connectivity index (χ4v) is 2.97. The molecule has 0 atom stereocenters. The number of pyridine rings is 2. The second-order valence-corrected chi connectivity index (χ2v) is 5.98. The zero-order chi connectivity index (χ0) is 19.4. The van der Waals surface area contributed by atoms with E-state index in [9.17, 15) is 18.4 Å². The van der Waals surface area contributed by atoms with Crippen LogP contribution in [0, 0.1) is 11.6 Å². The van der Waals surface area contributed by atoms with Crippen LogP contribution in [-0.2, 0) is 28.9 Å². The lowest BCUT2D eigenvalue weighted by molar-refractivity contribution is -0.143. The Hall–Kier alpha value is -3.09. The van der Waals surface area contributed by atoms with Crippen LogP contribution in [0.3, 0.4) is 0 Å². The highest BCUT2D eigenvalue weighted by Gasteiger charge is 2.15. The molecule has 3 rings (SSSR count). The third-order valence-corrected chi connectivity index (χ3v) is 4.23. The van der Waals surface area contributed by atoms with Crippen LogP contribution in [-0.4, -0.2) is 22.1 Å². The molecule has 0 aliphatic carbocycles. The van der Waals surface area contributed by atoms with Gasteiger partial charge in [-0.05, 0) is 43.5 Å². The smallest absolute Gasteiger partial charge is 0.326 e. The molecule has 2 aromatic heterocycles. The Morgan fingerprint density at radius 3 is 2.78 bits per heavy atom. The van der Waals surface area contributed by atoms with Crippen molar-refractivity contribution in [3.8, 4) is 0 Å². The van der Waals surface area contributed by atoms with Crippen molar-refractivity contribution in [2.24, 2.45) is 0 Å². The van der Waals surface area contributed by atoms with Crippen molar-refractivity contribution in [3.05, 3.63) is 75.7 Å². The van der Waals surface area contributed by atoms with Gasteiger partial charge in [-0.3, -0.25) is 9.59 Å². The normalized spacial score (nSPS) is 10.9. The first-order valence-electron chi connectivity index (χ1n) is 8.57. The van der Waals surface area contributed by atoms with E-state index in [1.807, 2.05) is 0 Å². The molecular weight excluding hydrogens is 354 g/mol. The van der Waals surface area contributed by atoms with Crippen LogP contribution in [0.4, 0.5) is 8.78 Å². The van der Waals surface area contributed by atoms with Gasteiger partial charge in [0.05, 0.1) is 12.0 Å². The number of hydrogen-bond donors (Lipinski definition) is 0. The highest BCUT2D eigenvalue weighted by atomic mass is 19.2. The lowest BCUT2D eigenvalue weighted by atomic mass is 10.1. The van der Waals surface area contributed by atoms with Crippen molar-refractivity contribution in [1.82, 2.24) is 9.55 Å². The van der Waals surface area contributed by atoms with E-state index in [-0.39, 0.29) is 37.0 Å². The number of carbonyl (C=O) groups is 1. The monoisotopic (exact) mass is 372 g/mol. The molecule has 3 aromatic rings. The van der Waals surface area contributed by atoms with Crippen LogP contribution in [0.2, 0.25) is 0 Å². The van der Waals surface area contributed by atoms with E-state index in [0.717, 1.165) is 6.07 Å². The van der Waals surface area contributed by atoms with E-state index in [4.69, 9.17) is 4.74 Å². The molecule has 140 valence electrons. The predicted molar refractivity (Wildman–Crippen MR) is 96.4 cm³/mol. The van der Waals surface area contributed by atoms with E-state index in [0.29, 0.717) is 16.7 Å². The van der Waals surface area contributed by atoms with Gasteiger partial charge < -0.3 is 9.30 Å². The number of hydrogen-bond acceptors (Lipinski definition) is 4. The maximum Gasteiger partial charge on any atom is 0.326 e.